The van der Waals surface area contributed by atoms with Crippen LogP contribution in [-0.2, 0) is 0 Å². The maximum Gasteiger partial charge on any atom is 0.215 e. The van der Waals surface area contributed by atoms with Crippen molar-refractivity contribution in [2.45, 2.75) is 6.42 Å². The molecule has 0 amide bonds. The van der Waals surface area contributed by atoms with Crippen molar-refractivity contribution in [2.75, 3.05) is 13.2 Å². The fraction of sp³-hybridized carbons (Fsp3) is 0.231. The summed E-state index contributed by atoms with van der Waals surface area (Å²) in [7, 11) is 0. The van der Waals surface area contributed by atoms with Crippen molar-refractivity contribution < 1.29 is 9.84 Å². The van der Waals surface area contributed by atoms with E-state index in [0.717, 1.165) is 10.9 Å². The van der Waals surface area contributed by atoms with Crippen molar-refractivity contribution >= 4 is 10.9 Å². The Morgan fingerprint density at radius 3 is 2.94 bits per heavy atom. The minimum absolute atomic E-state index is 0.0820. The van der Waals surface area contributed by atoms with Gasteiger partial charge in [0.15, 0.2) is 0 Å². The Morgan fingerprint density at radius 2 is 2.18 bits per heavy atom. The standard InChI is InChI=1S/C13H12N2O2/c14-9-10-8-13(17-7-3-6-16)15-12-5-2-1-4-11(10)12/h1-2,4-5,8,16H,3,6-7H2. The third kappa shape index (κ3) is 2.52. The van der Waals surface area contributed by atoms with E-state index in [-0.39, 0.29) is 6.61 Å². The summed E-state index contributed by atoms with van der Waals surface area (Å²) in [5.41, 5.74) is 1.29. The van der Waals surface area contributed by atoms with E-state index >= 15 is 0 Å². The van der Waals surface area contributed by atoms with Crippen LogP contribution >= 0.6 is 0 Å². The molecule has 1 N–H and O–H groups in total. The van der Waals surface area contributed by atoms with Gasteiger partial charge in [-0.05, 0) is 6.07 Å². The molecule has 4 heteroatoms. The van der Waals surface area contributed by atoms with Gasteiger partial charge in [0.2, 0.25) is 5.88 Å². The largest absolute Gasteiger partial charge is 0.478 e. The second kappa shape index (κ2) is 5.28. The van der Waals surface area contributed by atoms with E-state index in [2.05, 4.69) is 11.1 Å². The van der Waals surface area contributed by atoms with Crippen LogP contribution < -0.4 is 4.74 Å². The van der Waals surface area contributed by atoms with Gasteiger partial charge in [0, 0.05) is 24.5 Å². The van der Waals surface area contributed by atoms with Crippen LogP contribution in [0.25, 0.3) is 10.9 Å². The second-order valence-electron chi connectivity index (χ2n) is 3.56. The fourth-order valence-electron chi connectivity index (χ4n) is 1.56. The molecule has 17 heavy (non-hydrogen) atoms. The van der Waals surface area contributed by atoms with Gasteiger partial charge in [0.05, 0.1) is 17.7 Å². The van der Waals surface area contributed by atoms with E-state index < -0.39 is 0 Å². The first-order valence-corrected chi connectivity index (χ1v) is 5.38. The van der Waals surface area contributed by atoms with Crippen LogP contribution in [0.5, 0.6) is 5.88 Å². The zero-order valence-corrected chi connectivity index (χ0v) is 9.26. The first kappa shape index (κ1) is 11.4. The number of aliphatic hydroxyl groups is 1. The molecule has 0 atom stereocenters. The van der Waals surface area contributed by atoms with Gasteiger partial charge in [-0.15, -0.1) is 0 Å². The SMILES string of the molecule is N#Cc1cc(OCCCO)nc2ccccc12. The lowest BCUT2D eigenvalue weighted by atomic mass is 10.1. The van der Waals surface area contributed by atoms with Crippen LogP contribution in [-0.4, -0.2) is 23.3 Å². The Labute approximate surface area is 99.1 Å². The summed E-state index contributed by atoms with van der Waals surface area (Å²) in [6.45, 7) is 0.478. The lowest BCUT2D eigenvalue weighted by molar-refractivity contribution is 0.229. The van der Waals surface area contributed by atoms with Gasteiger partial charge in [-0.1, -0.05) is 18.2 Å². The molecule has 0 spiro atoms. The number of nitriles is 1. The smallest absolute Gasteiger partial charge is 0.215 e. The lowest BCUT2D eigenvalue weighted by Gasteiger charge is -2.06. The average Bonchev–Trinajstić information content (AvgIpc) is 2.38. The van der Waals surface area contributed by atoms with Gasteiger partial charge >= 0.3 is 0 Å². The zero-order valence-electron chi connectivity index (χ0n) is 9.26. The van der Waals surface area contributed by atoms with Gasteiger partial charge in [0.25, 0.3) is 0 Å². The van der Waals surface area contributed by atoms with Crippen LogP contribution in [0, 0.1) is 11.3 Å². The third-order valence-corrected chi connectivity index (χ3v) is 2.37. The van der Waals surface area contributed by atoms with Gasteiger partial charge in [-0.3, -0.25) is 0 Å². The van der Waals surface area contributed by atoms with Crippen molar-refractivity contribution in [3.05, 3.63) is 35.9 Å². The van der Waals surface area contributed by atoms with E-state index in [1.54, 1.807) is 6.07 Å². The van der Waals surface area contributed by atoms with Crippen molar-refractivity contribution in [1.82, 2.24) is 4.98 Å². The molecule has 0 unspecified atom stereocenters. The third-order valence-electron chi connectivity index (χ3n) is 2.37. The number of benzene rings is 1. The van der Waals surface area contributed by atoms with Crippen molar-refractivity contribution in [2.24, 2.45) is 0 Å². The molecule has 1 aromatic carbocycles. The molecule has 0 aliphatic heterocycles. The molecule has 0 saturated carbocycles. The maximum atomic E-state index is 9.06. The van der Waals surface area contributed by atoms with E-state index in [4.69, 9.17) is 15.1 Å². The molecule has 2 rings (SSSR count). The summed E-state index contributed by atoms with van der Waals surface area (Å²) >= 11 is 0. The molecule has 2 aromatic rings. The average molecular weight is 228 g/mol. The number of nitrogens with zero attached hydrogens (tertiary/aromatic N) is 2. The molecule has 0 aliphatic rings. The predicted octanol–water partition coefficient (Wildman–Crippen LogP) is 1.87. The van der Waals surface area contributed by atoms with Crippen LogP contribution in [0.3, 0.4) is 0 Å². The Morgan fingerprint density at radius 1 is 1.35 bits per heavy atom. The van der Waals surface area contributed by atoms with E-state index in [9.17, 15) is 0 Å². The minimum atomic E-state index is 0.0820. The number of aliphatic hydroxyl groups excluding tert-OH is 1. The number of pyridine rings is 1. The zero-order chi connectivity index (χ0) is 12.1. The second-order valence-corrected chi connectivity index (χ2v) is 3.56. The van der Waals surface area contributed by atoms with E-state index in [1.165, 1.54) is 0 Å². The highest BCUT2D eigenvalue weighted by Gasteiger charge is 2.05. The Balaban J connectivity index is 2.36. The number of para-hydroxylation sites is 1. The molecule has 0 radical (unpaired) electrons. The first-order chi connectivity index (χ1) is 8.35. The van der Waals surface area contributed by atoms with Crippen LogP contribution in [0.15, 0.2) is 30.3 Å². The number of hydrogen-bond donors (Lipinski definition) is 1. The van der Waals surface area contributed by atoms with Gasteiger partial charge < -0.3 is 9.84 Å². The molecule has 86 valence electrons. The Bertz CT molecular complexity index is 561. The van der Waals surface area contributed by atoms with Crippen LogP contribution in [0.2, 0.25) is 0 Å². The Kier molecular flexibility index (Phi) is 3.53. The molecule has 4 nitrogen and oxygen atoms in total. The van der Waals surface area contributed by atoms with E-state index in [0.29, 0.717) is 24.5 Å². The van der Waals surface area contributed by atoms with Crippen molar-refractivity contribution in [3.63, 3.8) is 0 Å². The molecule has 0 aliphatic carbocycles. The molecule has 0 fully saturated rings. The molecule has 1 aromatic heterocycles. The number of fused-ring (bicyclic) bond motifs is 1. The quantitative estimate of drug-likeness (QED) is 0.811. The summed E-state index contributed by atoms with van der Waals surface area (Å²) in [6.07, 6.45) is 0.552. The summed E-state index contributed by atoms with van der Waals surface area (Å²) in [6, 6.07) is 11.2. The lowest BCUT2D eigenvalue weighted by Crippen LogP contribution is -2.01. The highest BCUT2D eigenvalue weighted by atomic mass is 16.5. The molecular weight excluding hydrogens is 216 g/mol. The topological polar surface area (TPSA) is 66.1 Å². The van der Waals surface area contributed by atoms with Gasteiger partial charge in [-0.25, -0.2) is 4.98 Å². The van der Waals surface area contributed by atoms with E-state index in [1.807, 2.05) is 24.3 Å². The number of hydrogen-bond acceptors (Lipinski definition) is 4. The van der Waals surface area contributed by atoms with Crippen LogP contribution in [0.1, 0.15) is 12.0 Å². The Hall–Kier alpha value is -2.12. The highest BCUT2D eigenvalue weighted by molar-refractivity contribution is 5.85. The number of aromatic nitrogens is 1. The first-order valence-electron chi connectivity index (χ1n) is 5.38. The number of ether oxygens (including phenoxy) is 1. The molecule has 1 heterocycles. The van der Waals surface area contributed by atoms with Crippen molar-refractivity contribution in [3.8, 4) is 11.9 Å². The summed E-state index contributed by atoms with van der Waals surface area (Å²) in [5, 5.41) is 18.5. The molecule has 0 saturated heterocycles. The summed E-state index contributed by atoms with van der Waals surface area (Å²) in [4.78, 5) is 4.30. The monoisotopic (exact) mass is 228 g/mol. The molecular formula is C13H12N2O2. The normalized spacial score (nSPS) is 10.1. The minimum Gasteiger partial charge on any atom is -0.478 e. The summed E-state index contributed by atoms with van der Waals surface area (Å²) < 4.78 is 5.37. The summed E-state index contributed by atoms with van der Waals surface area (Å²) in [5.74, 6) is 0.425. The van der Waals surface area contributed by atoms with Gasteiger partial charge in [-0.2, -0.15) is 5.26 Å². The predicted molar refractivity (Wildman–Crippen MR) is 63.7 cm³/mol. The fourth-order valence-corrected chi connectivity index (χ4v) is 1.56. The van der Waals surface area contributed by atoms with Crippen LogP contribution in [0.4, 0.5) is 0 Å². The highest BCUT2D eigenvalue weighted by Crippen LogP contribution is 2.21. The van der Waals surface area contributed by atoms with Crippen molar-refractivity contribution in [1.29, 1.82) is 5.26 Å². The van der Waals surface area contributed by atoms with Gasteiger partial charge in [0.1, 0.15) is 6.07 Å². The number of rotatable bonds is 4. The maximum absolute atomic E-state index is 9.06. The molecule has 0 bridgehead atoms.